The number of rotatable bonds is 6. The molecule has 0 aliphatic heterocycles. The van der Waals surface area contributed by atoms with Gasteiger partial charge in [-0.2, -0.15) is 0 Å². The molecule has 0 amide bonds. The molecule has 0 spiro atoms. The highest BCUT2D eigenvalue weighted by atomic mass is 79.9. The Kier molecular flexibility index (Phi) is 6.36. The lowest BCUT2D eigenvalue weighted by atomic mass is 10.2. The summed E-state index contributed by atoms with van der Waals surface area (Å²) in [5.74, 6) is 0.549. The second-order valence-corrected chi connectivity index (χ2v) is 7.07. The molecule has 3 rings (SSSR count). The average Bonchev–Trinajstić information content (AvgIpc) is 2.67. The number of benzene rings is 3. The number of hydrogen-bond donors (Lipinski definition) is 1. The van der Waals surface area contributed by atoms with Crippen molar-refractivity contribution in [1.82, 2.24) is 5.32 Å². The van der Waals surface area contributed by atoms with Gasteiger partial charge in [0.25, 0.3) is 0 Å². The van der Waals surface area contributed by atoms with Crippen LogP contribution in [0.25, 0.3) is 0 Å². The molecule has 3 aromatic carbocycles. The molecule has 0 radical (unpaired) electrons. The zero-order chi connectivity index (χ0) is 18.4. The smallest absolute Gasteiger partial charge is 0.123 e. The number of nitrogens with one attached hydrogen (secondary N) is 1. The van der Waals surface area contributed by atoms with E-state index in [4.69, 9.17) is 17.0 Å². The molecule has 0 fully saturated rings. The number of halogens is 2. The molecule has 1 N–H and O–H groups in total. The van der Waals surface area contributed by atoms with Gasteiger partial charge in [0.05, 0.1) is 0 Å². The molecule has 26 heavy (non-hydrogen) atoms. The third kappa shape index (κ3) is 5.38. The lowest BCUT2D eigenvalue weighted by Crippen LogP contribution is -2.21. The normalized spacial score (nSPS) is 10.4. The van der Waals surface area contributed by atoms with Crippen molar-refractivity contribution in [1.29, 1.82) is 0 Å². The van der Waals surface area contributed by atoms with E-state index < -0.39 is 0 Å². The molecule has 0 saturated heterocycles. The van der Waals surface area contributed by atoms with Crippen LogP contribution >= 0.6 is 28.1 Å². The van der Waals surface area contributed by atoms with Crippen LogP contribution in [0.2, 0.25) is 0 Å². The maximum atomic E-state index is 12.9. The standard InChI is InChI=1S/C21H17BrFNOS/c22-18-7-1-16(2-8-18)14-25-20-11-5-17(6-12-20)21(26)24-13-15-3-9-19(23)10-4-15/h1-12H,13-14H2,(H,24,26). The molecule has 0 heterocycles. The molecule has 0 atom stereocenters. The molecule has 0 saturated carbocycles. The highest BCUT2D eigenvalue weighted by Crippen LogP contribution is 2.16. The van der Waals surface area contributed by atoms with E-state index in [0.717, 1.165) is 26.9 Å². The number of ether oxygens (including phenoxy) is 1. The van der Waals surface area contributed by atoms with Crippen LogP contribution in [-0.2, 0) is 13.2 Å². The van der Waals surface area contributed by atoms with Crippen LogP contribution in [0, 0.1) is 5.82 Å². The van der Waals surface area contributed by atoms with Gasteiger partial charge in [-0.25, -0.2) is 4.39 Å². The molecule has 0 aliphatic rings. The van der Waals surface area contributed by atoms with Crippen LogP contribution in [0.3, 0.4) is 0 Å². The molecule has 2 nitrogen and oxygen atoms in total. The molecule has 0 aliphatic carbocycles. The third-order valence-corrected chi connectivity index (χ3v) is 4.71. The first-order chi connectivity index (χ1) is 12.6. The quantitative estimate of drug-likeness (QED) is 0.512. The summed E-state index contributed by atoms with van der Waals surface area (Å²) < 4.78 is 19.8. The number of thiocarbonyl (C=S) groups is 1. The molecular formula is C21H17BrFNOS. The first kappa shape index (κ1) is 18.5. The van der Waals surface area contributed by atoms with E-state index in [9.17, 15) is 4.39 Å². The minimum Gasteiger partial charge on any atom is -0.489 e. The van der Waals surface area contributed by atoms with Crippen LogP contribution in [0.4, 0.5) is 4.39 Å². The molecule has 3 aromatic rings. The SMILES string of the molecule is Fc1ccc(CNC(=S)c2ccc(OCc3ccc(Br)cc3)cc2)cc1. The van der Waals surface area contributed by atoms with Crippen molar-refractivity contribution in [3.8, 4) is 5.75 Å². The maximum absolute atomic E-state index is 12.9. The minimum atomic E-state index is -0.241. The van der Waals surface area contributed by atoms with Crippen molar-refractivity contribution in [3.63, 3.8) is 0 Å². The van der Waals surface area contributed by atoms with Gasteiger partial charge >= 0.3 is 0 Å². The highest BCUT2D eigenvalue weighted by molar-refractivity contribution is 9.10. The van der Waals surface area contributed by atoms with E-state index in [1.807, 2.05) is 48.5 Å². The van der Waals surface area contributed by atoms with E-state index >= 15 is 0 Å². The Hall–Kier alpha value is -2.24. The van der Waals surface area contributed by atoms with Gasteiger partial charge in [0.2, 0.25) is 0 Å². The average molecular weight is 430 g/mol. The van der Waals surface area contributed by atoms with Gasteiger partial charge in [0, 0.05) is 16.6 Å². The summed E-state index contributed by atoms with van der Waals surface area (Å²) >= 11 is 8.83. The molecule has 5 heteroatoms. The van der Waals surface area contributed by atoms with Crippen molar-refractivity contribution < 1.29 is 9.13 Å². The molecule has 132 valence electrons. The Morgan fingerprint density at radius 1 is 0.885 bits per heavy atom. The van der Waals surface area contributed by atoms with Crippen molar-refractivity contribution in [3.05, 3.63) is 99.8 Å². The predicted octanol–water partition coefficient (Wildman–Crippen LogP) is 5.63. The topological polar surface area (TPSA) is 21.3 Å². The summed E-state index contributed by atoms with van der Waals surface area (Å²) in [4.78, 5) is 0.647. The predicted molar refractivity (Wildman–Crippen MR) is 110 cm³/mol. The van der Waals surface area contributed by atoms with E-state index in [-0.39, 0.29) is 5.82 Å². The Morgan fingerprint density at radius 3 is 2.15 bits per heavy atom. The Labute approximate surface area is 166 Å². The Morgan fingerprint density at radius 2 is 1.50 bits per heavy atom. The molecular weight excluding hydrogens is 413 g/mol. The Balaban J connectivity index is 1.52. The summed E-state index contributed by atoms with van der Waals surface area (Å²) in [6.07, 6.45) is 0. The van der Waals surface area contributed by atoms with Crippen molar-refractivity contribution in [2.24, 2.45) is 0 Å². The fourth-order valence-corrected chi connectivity index (χ4v) is 2.81. The van der Waals surface area contributed by atoms with Gasteiger partial charge in [-0.15, -0.1) is 0 Å². The van der Waals surface area contributed by atoms with Crippen LogP contribution in [0.5, 0.6) is 5.75 Å². The van der Waals surface area contributed by atoms with Crippen LogP contribution in [-0.4, -0.2) is 4.99 Å². The summed E-state index contributed by atoms with van der Waals surface area (Å²) in [7, 11) is 0. The van der Waals surface area contributed by atoms with E-state index in [1.165, 1.54) is 12.1 Å². The minimum absolute atomic E-state index is 0.241. The van der Waals surface area contributed by atoms with Crippen molar-refractivity contribution in [2.45, 2.75) is 13.2 Å². The maximum Gasteiger partial charge on any atom is 0.123 e. The molecule has 0 aromatic heterocycles. The Bertz CT molecular complexity index is 864. The second kappa shape index (κ2) is 8.92. The fraction of sp³-hybridized carbons (Fsp3) is 0.0952. The van der Waals surface area contributed by atoms with Crippen LogP contribution < -0.4 is 10.1 Å². The largest absolute Gasteiger partial charge is 0.489 e. The lowest BCUT2D eigenvalue weighted by molar-refractivity contribution is 0.306. The highest BCUT2D eigenvalue weighted by Gasteiger charge is 2.03. The van der Waals surface area contributed by atoms with E-state index in [1.54, 1.807) is 12.1 Å². The van der Waals surface area contributed by atoms with Gasteiger partial charge in [-0.05, 0) is 59.7 Å². The summed E-state index contributed by atoms with van der Waals surface area (Å²) in [5, 5.41) is 3.18. The second-order valence-electron chi connectivity index (χ2n) is 5.75. The van der Waals surface area contributed by atoms with Gasteiger partial charge < -0.3 is 10.1 Å². The molecule has 0 bridgehead atoms. The zero-order valence-electron chi connectivity index (χ0n) is 13.9. The summed E-state index contributed by atoms with van der Waals surface area (Å²) in [5.41, 5.74) is 3.00. The van der Waals surface area contributed by atoms with Crippen LogP contribution in [0.1, 0.15) is 16.7 Å². The lowest BCUT2D eigenvalue weighted by Gasteiger charge is -2.10. The van der Waals surface area contributed by atoms with Gasteiger partial charge in [-0.1, -0.05) is 52.4 Å². The van der Waals surface area contributed by atoms with Gasteiger partial charge in [0.15, 0.2) is 0 Å². The zero-order valence-corrected chi connectivity index (χ0v) is 16.3. The number of hydrogen-bond acceptors (Lipinski definition) is 2. The fourth-order valence-electron chi connectivity index (χ4n) is 2.34. The monoisotopic (exact) mass is 429 g/mol. The van der Waals surface area contributed by atoms with Crippen molar-refractivity contribution in [2.75, 3.05) is 0 Å². The van der Waals surface area contributed by atoms with Crippen molar-refractivity contribution >= 4 is 33.1 Å². The van der Waals surface area contributed by atoms with Gasteiger partial charge in [-0.3, -0.25) is 0 Å². The van der Waals surface area contributed by atoms with E-state index in [0.29, 0.717) is 18.1 Å². The van der Waals surface area contributed by atoms with Crippen LogP contribution in [0.15, 0.2) is 77.3 Å². The first-order valence-corrected chi connectivity index (χ1v) is 9.30. The van der Waals surface area contributed by atoms with Gasteiger partial charge in [0.1, 0.15) is 23.2 Å². The van der Waals surface area contributed by atoms with E-state index in [2.05, 4.69) is 21.2 Å². The summed E-state index contributed by atoms with van der Waals surface area (Å²) in [6, 6.07) is 22.1. The first-order valence-electron chi connectivity index (χ1n) is 8.10. The molecule has 0 unspecified atom stereocenters. The summed E-state index contributed by atoms with van der Waals surface area (Å²) in [6.45, 7) is 1.07. The third-order valence-electron chi connectivity index (χ3n) is 3.80.